The molecule has 1 aromatic rings. The van der Waals surface area contributed by atoms with Gasteiger partial charge in [0.05, 0.1) is 11.5 Å². The lowest BCUT2D eigenvalue weighted by molar-refractivity contribution is -0.385. The van der Waals surface area contributed by atoms with E-state index in [0.29, 0.717) is 18.9 Å². The quantitative estimate of drug-likeness (QED) is 0.579. The van der Waals surface area contributed by atoms with Gasteiger partial charge in [0.1, 0.15) is 12.0 Å². The van der Waals surface area contributed by atoms with Gasteiger partial charge in [0, 0.05) is 32.2 Å². The second kappa shape index (κ2) is 6.10. The molecule has 1 fully saturated rings. The largest absolute Gasteiger partial charge is 0.361 e. The zero-order chi connectivity index (χ0) is 13.7. The third-order valence-electron chi connectivity index (χ3n) is 2.85. The molecule has 2 N–H and O–H groups in total. The number of aromatic nitrogens is 1. The highest BCUT2D eigenvalue weighted by Crippen LogP contribution is 2.11. The summed E-state index contributed by atoms with van der Waals surface area (Å²) in [7, 11) is 0. The van der Waals surface area contributed by atoms with Gasteiger partial charge in [0.15, 0.2) is 0 Å². The van der Waals surface area contributed by atoms with Crippen molar-refractivity contribution in [3.63, 3.8) is 0 Å². The summed E-state index contributed by atoms with van der Waals surface area (Å²) in [6.45, 7) is 3.16. The van der Waals surface area contributed by atoms with E-state index in [1.54, 1.807) is 4.90 Å². The summed E-state index contributed by atoms with van der Waals surface area (Å²) in [5, 5.41) is 16.5. The summed E-state index contributed by atoms with van der Waals surface area (Å²) in [6, 6.07) is 2.84. The SMILES string of the molecule is O=C(CNc1ccc([N+](=O)[O-])cn1)N1CCNCC1. The lowest BCUT2D eigenvalue weighted by Crippen LogP contribution is -2.48. The first-order chi connectivity index (χ1) is 9.16. The molecule has 19 heavy (non-hydrogen) atoms. The first-order valence-corrected chi connectivity index (χ1v) is 5.99. The number of piperazine rings is 1. The number of pyridine rings is 1. The van der Waals surface area contributed by atoms with Crippen molar-refractivity contribution in [3.05, 3.63) is 28.4 Å². The third kappa shape index (κ3) is 3.62. The summed E-state index contributed by atoms with van der Waals surface area (Å²) in [6.07, 6.45) is 1.16. The Kier molecular flexibility index (Phi) is 4.24. The zero-order valence-corrected chi connectivity index (χ0v) is 10.3. The Hall–Kier alpha value is -2.22. The van der Waals surface area contributed by atoms with Crippen LogP contribution < -0.4 is 10.6 Å². The first kappa shape index (κ1) is 13.2. The molecule has 1 aliphatic heterocycles. The monoisotopic (exact) mass is 265 g/mol. The lowest BCUT2D eigenvalue weighted by atomic mass is 10.3. The van der Waals surface area contributed by atoms with Gasteiger partial charge in [-0.3, -0.25) is 14.9 Å². The molecule has 0 unspecified atom stereocenters. The van der Waals surface area contributed by atoms with Gasteiger partial charge in [0.25, 0.3) is 5.69 Å². The van der Waals surface area contributed by atoms with Gasteiger partial charge >= 0.3 is 0 Å². The number of anilines is 1. The number of amides is 1. The van der Waals surface area contributed by atoms with Gasteiger partial charge in [-0.15, -0.1) is 0 Å². The Balaban J connectivity index is 1.84. The minimum atomic E-state index is -0.511. The average molecular weight is 265 g/mol. The maximum Gasteiger partial charge on any atom is 0.287 e. The Bertz CT molecular complexity index is 456. The van der Waals surface area contributed by atoms with Gasteiger partial charge in [-0.25, -0.2) is 4.98 Å². The van der Waals surface area contributed by atoms with E-state index in [-0.39, 0.29) is 18.1 Å². The summed E-state index contributed by atoms with van der Waals surface area (Å²) < 4.78 is 0. The number of nitrogens with zero attached hydrogens (tertiary/aromatic N) is 3. The van der Waals surface area contributed by atoms with E-state index in [9.17, 15) is 14.9 Å². The minimum absolute atomic E-state index is 0.00153. The van der Waals surface area contributed by atoms with Crippen LogP contribution in [0.1, 0.15) is 0 Å². The summed E-state index contributed by atoms with van der Waals surface area (Å²) in [5.41, 5.74) is -0.0704. The van der Waals surface area contributed by atoms with Crippen LogP contribution in [0.15, 0.2) is 18.3 Å². The lowest BCUT2D eigenvalue weighted by Gasteiger charge is -2.27. The maximum atomic E-state index is 11.8. The van der Waals surface area contributed by atoms with Crippen LogP contribution in [-0.4, -0.2) is 53.4 Å². The molecule has 8 heteroatoms. The number of carbonyl (C=O) groups is 1. The number of rotatable bonds is 4. The second-order valence-electron chi connectivity index (χ2n) is 4.14. The number of carbonyl (C=O) groups excluding carboxylic acids is 1. The third-order valence-corrected chi connectivity index (χ3v) is 2.85. The molecule has 0 spiro atoms. The molecule has 0 aromatic carbocycles. The van der Waals surface area contributed by atoms with Gasteiger partial charge in [-0.1, -0.05) is 0 Å². The van der Waals surface area contributed by atoms with E-state index >= 15 is 0 Å². The Labute approximate surface area is 110 Å². The van der Waals surface area contributed by atoms with E-state index in [2.05, 4.69) is 15.6 Å². The molecular weight excluding hydrogens is 250 g/mol. The van der Waals surface area contributed by atoms with Crippen LogP contribution in [0.4, 0.5) is 11.5 Å². The topological polar surface area (TPSA) is 100 Å². The maximum absolute atomic E-state index is 11.8. The highest BCUT2D eigenvalue weighted by Gasteiger charge is 2.15. The van der Waals surface area contributed by atoms with Crippen molar-refractivity contribution in [1.29, 1.82) is 0 Å². The molecule has 102 valence electrons. The second-order valence-corrected chi connectivity index (χ2v) is 4.14. The summed E-state index contributed by atoms with van der Waals surface area (Å²) in [4.78, 5) is 27.5. The highest BCUT2D eigenvalue weighted by molar-refractivity contribution is 5.80. The number of nitro groups is 1. The van der Waals surface area contributed by atoms with Gasteiger partial charge < -0.3 is 15.5 Å². The summed E-state index contributed by atoms with van der Waals surface area (Å²) in [5.74, 6) is 0.454. The zero-order valence-electron chi connectivity index (χ0n) is 10.3. The molecule has 0 bridgehead atoms. The van der Waals surface area contributed by atoms with E-state index in [4.69, 9.17) is 0 Å². The minimum Gasteiger partial charge on any atom is -0.361 e. The van der Waals surface area contributed by atoms with E-state index in [1.807, 2.05) is 0 Å². The summed E-state index contributed by atoms with van der Waals surface area (Å²) >= 11 is 0. The van der Waals surface area contributed by atoms with Crippen LogP contribution in [0.25, 0.3) is 0 Å². The van der Waals surface area contributed by atoms with Gasteiger partial charge in [0.2, 0.25) is 5.91 Å². The Morgan fingerprint density at radius 3 is 2.79 bits per heavy atom. The average Bonchev–Trinajstić information content (AvgIpc) is 2.46. The van der Waals surface area contributed by atoms with Crippen LogP contribution in [0.5, 0.6) is 0 Å². The first-order valence-electron chi connectivity index (χ1n) is 5.99. The van der Waals surface area contributed by atoms with E-state index < -0.39 is 4.92 Å². The van der Waals surface area contributed by atoms with Crippen molar-refractivity contribution in [1.82, 2.24) is 15.2 Å². The van der Waals surface area contributed by atoms with Crippen molar-refractivity contribution >= 4 is 17.4 Å². The molecule has 8 nitrogen and oxygen atoms in total. The molecule has 1 aromatic heterocycles. The molecular formula is C11H15N5O3. The van der Waals surface area contributed by atoms with Crippen molar-refractivity contribution in [2.75, 3.05) is 38.0 Å². The van der Waals surface area contributed by atoms with Crippen LogP contribution >= 0.6 is 0 Å². The number of nitrogens with one attached hydrogen (secondary N) is 2. The van der Waals surface area contributed by atoms with Gasteiger partial charge in [-0.05, 0) is 6.07 Å². The van der Waals surface area contributed by atoms with Gasteiger partial charge in [-0.2, -0.15) is 0 Å². The fourth-order valence-corrected chi connectivity index (χ4v) is 1.79. The Morgan fingerprint density at radius 2 is 2.21 bits per heavy atom. The predicted octanol–water partition coefficient (Wildman–Crippen LogP) is -0.167. The van der Waals surface area contributed by atoms with Crippen LogP contribution in [-0.2, 0) is 4.79 Å². The van der Waals surface area contributed by atoms with E-state index in [1.165, 1.54) is 12.1 Å². The van der Waals surface area contributed by atoms with Crippen LogP contribution in [0.2, 0.25) is 0 Å². The molecule has 0 aliphatic carbocycles. The van der Waals surface area contributed by atoms with Crippen molar-refractivity contribution < 1.29 is 9.72 Å². The molecule has 1 aliphatic rings. The molecule has 1 saturated heterocycles. The predicted molar refractivity (Wildman–Crippen MR) is 68.8 cm³/mol. The molecule has 0 saturated carbocycles. The fourth-order valence-electron chi connectivity index (χ4n) is 1.79. The van der Waals surface area contributed by atoms with Crippen molar-refractivity contribution in [3.8, 4) is 0 Å². The standard InChI is InChI=1S/C11H15N5O3/c17-11(15-5-3-12-4-6-15)8-14-10-2-1-9(7-13-10)16(18)19/h1-2,7,12H,3-6,8H2,(H,13,14). The normalized spacial score (nSPS) is 15.1. The van der Waals surface area contributed by atoms with Crippen molar-refractivity contribution in [2.45, 2.75) is 0 Å². The number of hydrogen-bond donors (Lipinski definition) is 2. The van der Waals surface area contributed by atoms with Crippen molar-refractivity contribution in [2.24, 2.45) is 0 Å². The highest BCUT2D eigenvalue weighted by atomic mass is 16.6. The smallest absolute Gasteiger partial charge is 0.287 e. The molecule has 0 atom stereocenters. The van der Waals surface area contributed by atoms with Crippen LogP contribution in [0.3, 0.4) is 0 Å². The fraction of sp³-hybridized carbons (Fsp3) is 0.455. The molecule has 1 amide bonds. The van der Waals surface area contributed by atoms with E-state index in [0.717, 1.165) is 19.3 Å². The van der Waals surface area contributed by atoms with Crippen LogP contribution in [0, 0.1) is 10.1 Å². The molecule has 2 heterocycles. The Morgan fingerprint density at radius 1 is 1.47 bits per heavy atom. The number of hydrogen-bond acceptors (Lipinski definition) is 6. The molecule has 0 radical (unpaired) electrons. The molecule has 2 rings (SSSR count).